The fourth-order valence-corrected chi connectivity index (χ4v) is 2.34. The minimum Gasteiger partial charge on any atom is -0.469 e. The normalized spacial score (nSPS) is 10.5. The van der Waals surface area contributed by atoms with Gasteiger partial charge in [-0.3, -0.25) is 4.79 Å². The van der Waals surface area contributed by atoms with Gasteiger partial charge in [-0.1, -0.05) is 57.8 Å². The van der Waals surface area contributed by atoms with Gasteiger partial charge in [0.05, 0.1) is 7.11 Å². The van der Waals surface area contributed by atoms with Crippen LogP contribution in [0.4, 0.5) is 0 Å². The zero-order valence-corrected chi connectivity index (χ0v) is 13.4. The summed E-state index contributed by atoms with van der Waals surface area (Å²) in [6.45, 7) is 1.67. The quantitative estimate of drug-likeness (QED) is 0.339. The van der Waals surface area contributed by atoms with Gasteiger partial charge in [-0.2, -0.15) is 0 Å². The average molecular weight is 284 g/mol. The highest BCUT2D eigenvalue weighted by Crippen LogP contribution is 2.12. The second-order valence-corrected chi connectivity index (χ2v) is 5.67. The molecule has 0 fully saturated rings. The molecule has 0 saturated carbocycles. The zero-order chi connectivity index (χ0) is 15.1. The van der Waals surface area contributed by atoms with Crippen molar-refractivity contribution in [2.24, 2.45) is 0 Å². The molecular formula is C17H32O3. The molecule has 0 bridgehead atoms. The number of Topliss-reactive ketones (excluding diaryl/α,β-unsaturated/α-hetero) is 1. The SMILES string of the molecule is COC(=O)CCCCCCCCCCCCCC(C)=O. The van der Waals surface area contributed by atoms with Crippen molar-refractivity contribution in [1.29, 1.82) is 0 Å². The molecule has 0 N–H and O–H groups in total. The summed E-state index contributed by atoms with van der Waals surface area (Å²) in [4.78, 5) is 21.6. The van der Waals surface area contributed by atoms with Crippen molar-refractivity contribution < 1.29 is 14.3 Å². The van der Waals surface area contributed by atoms with E-state index in [1.165, 1.54) is 58.5 Å². The molecule has 0 aromatic carbocycles. The number of hydrogen-bond donors (Lipinski definition) is 0. The fraction of sp³-hybridized carbons (Fsp3) is 0.882. The van der Waals surface area contributed by atoms with E-state index in [-0.39, 0.29) is 5.97 Å². The Labute approximate surface area is 124 Å². The van der Waals surface area contributed by atoms with E-state index in [0.717, 1.165) is 25.7 Å². The summed E-state index contributed by atoms with van der Waals surface area (Å²) >= 11 is 0. The number of methoxy groups -OCH3 is 1. The van der Waals surface area contributed by atoms with Gasteiger partial charge in [0.15, 0.2) is 0 Å². The van der Waals surface area contributed by atoms with E-state index < -0.39 is 0 Å². The maximum absolute atomic E-state index is 10.9. The Morgan fingerprint density at radius 2 is 1.00 bits per heavy atom. The van der Waals surface area contributed by atoms with E-state index in [1.807, 2.05) is 0 Å². The molecular weight excluding hydrogens is 252 g/mol. The van der Waals surface area contributed by atoms with Crippen molar-refractivity contribution >= 4 is 11.8 Å². The Morgan fingerprint density at radius 1 is 0.650 bits per heavy atom. The van der Waals surface area contributed by atoms with Gasteiger partial charge in [-0.25, -0.2) is 0 Å². The predicted octanol–water partition coefficient (Wildman–Crippen LogP) is 4.82. The summed E-state index contributed by atoms with van der Waals surface area (Å²) < 4.78 is 4.61. The van der Waals surface area contributed by atoms with Crippen molar-refractivity contribution in [3.63, 3.8) is 0 Å². The third-order valence-electron chi connectivity index (χ3n) is 3.64. The maximum Gasteiger partial charge on any atom is 0.305 e. The number of carbonyl (C=O) groups excluding carboxylic acids is 2. The van der Waals surface area contributed by atoms with Crippen molar-refractivity contribution in [2.75, 3.05) is 7.11 Å². The van der Waals surface area contributed by atoms with Gasteiger partial charge >= 0.3 is 5.97 Å². The molecule has 0 spiro atoms. The first-order valence-corrected chi connectivity index (χ1v) is 8.23. The lowest BCUT2D eigenvalue weighted by Crippen LogP contribution is -1.99. The molecule has 0 aliphatic carbocycles. The first-order valence-electron chi connectivity index (χ1n) is 8.23. The van der Waals surface area contributed by atoms with Crippen LogP contribution in [0.25, 0.3) is 0 Å². The number of hydrogen-bond acceptors (Lipinski definition) is 3. The van der Waals surface area contributed by atoms with Crippen LogP contribution in [0.15, 0.2) is 0 Å². The largest absolute Gasteiger partial charge is 0.469 e. The minimum atomic E-state index is -0.0882. The van der Waals surface area contributed by atoms with Gasteiger partial charge in [0.1, 0.15) is 5.78 Å². The van der Waals surface area contributed by atoms with Crippen molar-refractivity contribution in [1.82, 2.24) is 0 Å². The predicted molar refractivity (Wildman–Crippen MR) is 82.7 cm³/mol. The molecule has 0 atom stereocenters. The fourth-order valence-electron chi connectivity index (χ4n) is 2.34. The Balaban J connectivity index is 3.03. The summed E-state index contributed by atoms with van der Waals surface area (Å²) in [5.74, 6) is 0.229. The van der Waals surface area contributed by atoms with E-state index in [0.29, 0.717) is 12.2 Å². The standard InChI is InChI=1S/C17H32O3/c1-16(18)14-12-10-8-6-4-3-5-7-9-11-13-15-17(19)20-2/h3-15H2,1-2H3. The van der Waals surface area contributed by atoms with Crippen LogP contribution in [0.3, 0.4) is 0 Å². The van der Waals surface area contributed by atoms with Gasteiger partial charge in [-0.15, -0.1) is 0 Å². The van der Waals surface area contributed by atoms with E-state index in [2.05, 4.69) is 4.74 Å². The Hall–Kier alpha value is -0.860. The zero-order valence-electron chi connectivity index (χ0n) is 13.4. The smallest absolute Gasteiger partial charge is 0.305 e. The number of carbonyl (C=O) groups is 2. The molecule has 0 radical (unpaired) electrons. The molecule has 0 aromatic heterocycles. The number of ether oxygens (including phenoxy) is 1. The maximum atomic E-state index is 10.9. The summed E-state index contributed by atoms with van der Waals surface area (Å²) in [7, 11) is 1.45. The summed E-state index contributed by atoms with van der Waals surface area (Å²) in [6.07, 6.45) is 14.7. The lowest BCUT2D eigenvalue weighted by molar-refractivity contribution is -0.140. The summed E-state index contributed by atoms with van der Waals surface area (Å²) in [6, 6.07) is 0. The van der Waals surface area contributed by atoms with Crippen molar-refractivity contribution in [3.8, 4) is 0 Å². The van der Waals surface area contributed by atoms with Gasteiger partial charge in [0, 0.05) is 12.8 Å². The van der Waals surface area contributed by atoms with Gasteiger partial charge in [0.2, 0.25) is 0 Å². The average Bonchev–Trinajstić information content (AvgIpc) is 2.43. The number of rotatable bonds is 14. The van der Waals surface area contributed by atoms with E-state index in [1.54, 1.807) is 6.92 Å². The lowest BCUT2D eigenvalue weighted by Gasteiger charge is -2.02. The number of unbranched alkanes of at least 4 members (excludes halogenated alkanes) is 10. The van der Waals surface area contributed by atoms with Crippen LogP contribution in [0, 0.1) is 0 Å². The molecule has 0 rings (SSSR count). The molecule has 0 amide bonds. The highest BCUT2D eigenvalue weighted by molar-refractivity contribution is 5.75. The molecule has 3 heteroatoms. The van der Waals surface area contributed by atoms with Crippen LogP contribution in [0.1, 0.15) is 90.4 Å². The Bertz CT molecular complexity index is 249. The minimum absolute atomic E-state index is 0.0882. The monoisotopic (exact) mass is 284 g/mol. The van der Waals surface area contributed by atoms with E-state index in [4.69, 9.17) is 0 Å². The molecule has 0 heterocycles. The second kappa shape index (κ2) is 14.5. The van der Waals surface area contributed by atoms with Crippen LogP contribution in [0.5, 0.6) is 0 Å². The van der Waals surface area contributed by atoms with Crippen LogP contribution in [-0.2, 0) is 14.3 Å². The molecule has 20 heavy (non-hydrogen) atoms. The van der Waals surface area contributed by atoms with Crippen molar-refractivity contribution in [2.45, 2.75) is 90.4 Å². The van der Waals surface area contributed by atoms with Crippen LogP contribution < -0.4 is 0 Å². The third-order valence-corrected chi connectivity index (χ3v) is 3.64. The third kappa shape index (κ3) is 15.2. The Kier molecular flexibility index (Phi) is 13.9. The first-order chi connectivity index (χ1) is 9.66. The van der Waals surface area contributed by atoms with E-state index >= 15 is 0 Å². The molecule has 0 unspecified atom stereocenters. The van der Waals surface area contributed by atoms with Gasteiger partial charge < -0.3 is 9.53 Å². The van der Waals surface area contributed by atoms with Gasteiger partial charge in [0.25, 0.3) is 0 Å². The van der Waals surface area contributed by atoms with E-state index in [9.17, 15) is 9.59 Å². The number of ketones is 1. The first kappa shape index (κ1) is 19.1. The molecule has 0 aliphatic rings. The van der Waals surface area contributed by atoms with Gasteiger partial charge in [-0.05, 0) is 19.8 Å². The van der Waals surface area contributed by atoms with Crippen LogP contribution >= 0.6 is 0 Å². The summed E-state index contributed by atoms with van der Waals surface area (Å²) in [5, 5.41) is 0. The highest BCUT2D eigenvalue weighted by Gasteiger charge is 1.99. The molecule has 118 valence electrons. The topological polar surface area (TPSA) is 43.4 Å². The Morgan fingerprint density at radius 3 is 1.35 bits per heavy atom. The number of esters is 1. The van der Waals surface area contributed by atoms with Crippen LogP contribution in [0.2, 0.25) is 0 Å². The molecule has 0 saturated heterocycles. The van der Waals surface area contributed by atoms with Crippen molar-refractivity contribution in [3.05, 3.63) is 0 Å². The molecule has 3 nitrogen and oxygen atoms in total. The second-order valence-electron chi connectivity index (χ2n) is 5.67. The van der Waals surface area contributed by atoms with Crippen LogP contribution in [-0.4, -0.2) is 18.9 Å². The molecule has 0 aliphatic heterocycles. The molecule has 0 aromatic rings. The highest BCUT2D eigenvalue weighted by atomic mass is 16.5. The summed E-state index contributed by atoms with van der Waals surface area (Å²) in [5.41, 5.74) is 0. The lowest BCUT2D eigenvalue weighted by atomic mass is 10.0.